The normalized spacial score (nSPS) is 21.4. The average molecular weight is 306 g/mol. The first kappa shape index (κ1) is 14.4. The summed E-state index contributed by atoms with van der Waals surface area (Å²) < 4.78 is 0. The van der Waals surface area contributed by atoms with Crippen molar-refractivity contribution in [1.82, 2.24) is 9.97 Å². The van der Waals surface area contributed by atoms with Crippen molar-refractivity contribution < 1.29 is 0 Å². The van der Waals surface area contributed by atoms with Gasteiger partial charge in [-0.25, -0.2) is 9.97 Å². The lowest BCUT2D eigenvalue weighted by Gasteiger charge is -2.20. The minimum atomic E-state index is 0. The number of anilines is 2. The summed E-state index contributed by atoms with van der Waals surface area (Å²) in [4.78, 5) is 11.8. The van der Waals surface area contributed by atoms with Crippen LogP contribution in [0.5, 0.6) is 0 Å². The molecule has 1 atom stereocenters. The highest BCUT2D eigenvalue weighted by Gasteiger charge is 2.27. The van der Waals surface area contributed by atoms with Gasteiger partial charge in [-0.1, -0.05) is 12.1 Å². The highest BCUT2D eigenvalue weighted by molar-refractivity contribution is 5.85. The van der Waals surface area contributed by atoms with Crippen molar-refractivity contribution in [3.05, 3.63) is 24.3 Å². The molecule has 2 aromatic rings. The second-order valence-corrected chi connectivity index (χ2v) is 5.80. The fraction of sp³-hybridized carbons (Fsp3) is 0.467. The summed E-state index contributed by atoms with van der Waals surface area (Å²) in [6.07, 6.45) is 3.48. The lowest BCUT2D eigenvalue weighted by Crippen LogP contribution is -2.28. The molecular formula is C15H20ClN5. The van der Waals surface area contributed by atoms with E-state index in [1.807, 2.05) is 24.3 Å². The molecule has 0 bridgehead atoms. The van der Waals surface area contributed by atoms with Crippen LogP contribution in [0.25, 0.3) is 11.0 Å². The number of rotatable bonds is 3. The molecule has 1 aromatic carbocycles. The second kappa shape index (κ2) is 5.66. The molecule has 1 aliphatic carbocycles. The molecule has 3 N–H and O–H groups in total. The van der Waals surface area contributed by atoms with Crippen LogP contribution < -0.4 is 16.0 Å². The van der Waals surface area contributed by atoms with Gasteiger partial charge in [-0.3, -0.25) is 0 Å². The largest absolute Gasteiger partial charge is 0.364 e. The van der Waals surface area contributed by atoms with Crippen molar-refractivity contribution in [1.29, 1.82) is 0 Å². The fourth-order valence-corrected chi connectivity index (χ4v) is 2.71. The molecule has 2 heterocycles. The molecule has 1 aromatic heterocycles. The van der Waals surface area contributed by atoms with Crippen LogP contribution in [0.1, 0.15) is 19.3 Å². The van der Waals surface area contributed by atoms with E-state index in [9.17, 15) is 0 Å². The molecule has 21 heavy (non-hydrogen) atoms. The first-order chi connectivity index (χ1) is 9.79. The number of nitrogens with one attached hydrogen (secondary N) is 1. The maximum absolute atomic E-state index is 6.03. The maximum atomic E-state index is 6.03. The fourth-order valence-electron chi connectivity index (χ4n) is 2.71. The third-order valence-corrected chi connectivity index (χ3v) is 3.99. The topological polar surface area (TPSA) is 67.1 Å². The number of para-hydroxylation sites is 2. The van der Waals surface area contributed by atoms with Crippen LogP contribution >= 0.6 is 12.4 Å². The summed E-state index contributed by atoms with van der Waals surface area (Å²) in [6, 6.07) is 8.86. The summed E-state index contributed by atoms with van der Waals surface area (Å²) in [5.41, 5.74) is 7.92. The van der Waals surface area contributed by atoms with E-state index in [1.54, 1.807) is 0 Å². The van der Waals surface area contributed by atoms with Crippen LogP contribution in [-0.2, 0) is 0 Å². The second-order valence-electron chi connectivity index (χ2n) is 5.80. The number of nitrogens with zero attached hydrogens (tertiary/aromatic N) is 3. The molecule has 0 radical (unpaired) electrons. The van der Waals surface area contributed by atoms with Gasteiger partial charge >= 0.3 is 0 Å². The van der Waals surface area contributed by atoms with Gasteiger partial charge in [0.15, 0.2) is 11.6 Å². The zero-order valence-electron chi connectivity index (χ0n) is 11.8. The quantitative estimate of drug-likeness (QED) is 0.909. The minimum Gasteiger partial charge on any atom is -0.364 e. The standard InChI is InChI=1S/C15H19N5.ClH/c16-10-7-8-20(9-10)15-14(17-11-5-6-11)18-12-3-1-2-4-13(12)19-15;/h1-4,10-11H,5-9,16H2,(H,17,18);1H/t10-;/m1./s1. The Kier molecular flexibility index (Phi) is 3.87. The van der Waals surface area contributed by atoms with E-state index in [2.05, 4.69) is 10.2 Å². The van der Waals surface area contributed by atoms with Crippen molar-refractivity contribution in [3.8, 4) is 0 Å². The molecule has 5 nitrogen and oxygen atoms in total. The lowest BCUT2D eigenvalue weighted by molar-refractivity contribution is 0.751. The van der Waals surface area contributed by atoms with E-state index in [0.717, 1.165) is 42.2 Å². The van der Waals surface area contributed by atoms with Crippen LogP contribution in [0, 0.1) is 0 Å². The van der Waals surface area contributed by atoms with Gasteiger partial charge in [0.05, 0.1) is 11.0 Å². The Labute approximate surface area is 130 Å². The lowest BCUT2D eigenvalue weighted by atomic mass is 10.3. The number of aromatic nitrogens is 2. The highest BCUT2D eigenvalue weighted by atomic mass is 35.5. The molecular weight excluding hydrogens is 286 g/mol. The van der Waals surface area contributed by atoms with Gasteiger partial charge in [-0.2, -0.15) is 0 Å². The van der Waals surface area contributed by atoms with Crippen molar-refractivity contribution >= 4 is 35.1 Å². The minimum absolute atomic E-state index is 0. The third-order valence-electron chi connectivity index (χ3n) is 3.99. The molecule has 2 aliphatic rings. The van der Waals surface area contributed by atoms with Gasteiger partial charge in [-0.05, 0) is 31.4 Å². The van der Waals surface area contributed by atoms with Gasteiger partial charge in [0.2, 0.25) is 0 Å². The molecule has 6 heteroatoms. The SMILES string of the molecule is Cl.N[C@@H]1CCN(c2nc3ccccc3nc2NC2CC2)C1. The van der Waals surface area contributed by atoms with Gasteiger partial charge in [0.1, 0.15) is 0 Å². The molecule has 0 unspecified atom stereocenters. The monoisotopic (exact) mass is 305 g/mol. The van der Waals surface area contributed by atoms with E-state index in [4.69, 9.17) is 15.7 Å². The average Bonchev–Trinajstić information content (AvgIpc) is 3.17. The molecule has 2 fully saturated rings. The number of halogens is 1. The first-order valence-corrected chi connectivity index (χ1v) is 7.33. The van der Waals surface area contributed by atoms with Crippen LogP contribution in [0.3, 0.4) is 0 Å². The predicted octanol–water partition coefficient (Wildman–Crippen LogP) is 2.16. The number of hydrogen-bond acceptors (Lipinski definition) is 5. The Morgan fingerprint density at radius 2 is 1.81 bits per heavy atom. The zero-order chi connectivity index (χ0) is 13.5. The van der Waals surface area contributed by atoms with Gasteiger partial charge in [0, 0.05) is 25.2 Å². The number of fused-ring (bicyclic) bond motifs is 1. The van der Waals surface area contributed by atoms with Gasteiger partial charge in [0.25, 0.3) is 0 Å². The van der Waals surface area contributed by atoms with Crippen molar-refractivity contribution in [2.24, 2.45) is 5.73 Å². The zero-order valence-corrected chi connectivity index (χ0v) is 12.6. The summed E-state index contributed by atoms with van der Waals surface area (Å²) in [5.74, 6) is 1.88. The van der Waals surface area contributed by atoms with Crippen LogP contribution in [0.15, 0.2) is 24.3 Å². The third kappa shape index (κ3) is 2.89. The number of nitrogens with two attached hydrogens (primary N) is 1. The van der Waals surface area contributed by atoms with E-state index in [-0.39, 0.29) is 18.4 Å². The smallest absolute Gasteiger partial charge is 0.172 e. The summed E-state index contributed by atoms with van der Waals surface area (Å²) in [7, 11) is 0. The summed E-state index contributed by atoms with van der Waals surface area (Å²) in [5, 5.41) is 3.51. The molecule has 4 rings (SSSR count). The molecule has 1 saturated carbocycles. The van der Waals surface area contributed by atoms with Crippen molar-refractivity contribution in [2.75, 3.05) is 23.3 Å². The first-order valence-electron chi connectivity index (χ1n) is 7.33. The van der Waals surface area contributed by atoms with Gasteiger partial charge < -0.3 is 16.0 Å². The Bertz CT molecular complexity index is 643. The van der Waals surface area contributed by atoms with E-state index in [1.165, 1.54) is 12.8 Å². The predicted molar refractivity (Wildman–Crippen MR) is 88.2 cm³/mol. The number of hydrogen-bond donors (Lipinski definition) is 2. The van der Waals surface area contributed by atoms with Crippen molar-refractivity contribution in [3.63, 3.8) is 0 Å². The summed E-state index contributed by atoms with van der Waals surface area (Å²) in [6.45, 7) is 1.83. The Balaban J connectivity index is 0.00000132. The van der Waals surface area contributed by atoms with Crippen LogP contribution in [0.2, 0.25) is 0 Å². The molecule has 1 aliphatic heterocycles. The molecule has 1 saturated heterocycles. The maximum Gasteiger partial charge on any atom is 0.172 e. The Hall–Kier alpha value is -1.59. The molecule has 0 spiro atoms. The number of benzene rings is 1. The Morgan fingerprint density at radius 3 is 2.43 bits per heavy atom. The van der Waals surface area contributed by atoms with Gasteiger partial charge in [-0.15, -0.1) is 12.4 Å². The summed E-state index contributed by atoms with van der Waals surface area (Å²) >= 11 is 0. The molecule has 0 amide bonds. The van der Waals surface area contributed by atoms with E-state index < -0.39 is 0 Å². The van der Waals surface area contributed by atoms with Crippen molar-refractivity contribution in [2.45, 2.75) is 31.3 Å². The molecule has 112 valence electrons. The Morgan fingerprint density at radius 1 is 1.10 bits per heavy atom. The van der Waals surface area contributed by atoms with E-state index in [0.29, 0.717) is 6.04 Å². The van der Waals surface area contributed by atoms with Crippen LogP contribution in [0.4, 0.5) is 11.6 Å². The highest BCUT2D eigenvalue weighted by Crippen LogP contribution is 2.31. The van der Waals surface area contributed by atoms with E-state index >= 15 is 0 Å². The van der Waals surface area contributed by atoms with Crippen LogP contribution in [-0.4, -0.2) is 35.1 Å².